The maximum Gasteiger partial charge on any atom is 0.118 e. The third-order valence-corrected chi connectivity index (χ3v) is 4.10. The molecule has 2 heterocycles. The zero-order chi connectivity index (χ0) is 14.1. The second-order valence-electron chi connectivity index (χ2n) is 6.40. The fourth-order valence-electron chi connectivity index (χ4n) is 3.02. The van der Waals surface area contributed by atoms with Gasteiger partial charge >= 0.3 is 0 Å². The Hall–Kier alpha value is -0.840. The lowest BCUT2D eigenvalue weighted by Gasteiger charge is -2.35. The van der Waals surface area contributed by atoms with Crippen LogP contribution in [0.25, 0.3) is 0 Å². The molecular weight excluding hydrogens is 252 g/mol. The number of nitrogens with one attached hydrogen (secondary N) is 1. The molecule has 2 fully saturated rings. The van der Waals surface area contributed by atoms with E-state index in [9.17, 15) is 0 Å². The first-order valence-corrected chi connectivity index (χ1v) is 7.79. The fourth-order valence-corrected chi connectivity index (χ4v) is 3.02. The number of ether oxygens (including phenoxy) is 1. The first kappa shape index (κ1) is 14.1. The summed E-state index contributed by atoms with van der Waals surface area (Å²) in [6.07, 6.45) is 3.27. The van der Waals surface area contributed by atoms with E-state index >= 15 is 0 Å². The Balaban J connectivity index is 1.58. The quantitative estimate of drug-likeness (QED) is 0.898. The van der Waals surface area contributed by atoms with Crippen molar-refractivity contribution in [2.45, 2.75) is 65.0 Å². The molecule has 1 aromatic rings. The standard InChI is InChI=1S/C16H26N2O2/c1-11-8-18(9-12(2)19-11)10-14-6-16(20-13(14)3)7-17-15-4-5-15/h6,11-12,15,17H,4-5,7-10H2,1-3H3. The third-order valence-electron chi connectivity index (χ3n) is 4.10. The van der Waals surface area contributed by atoms with Crippen LogP contribution in [0.4, 0.5) is 0 Å². The Morgan fingerprint density at radius 3 is 2.60 bits per heavy atom. The van der Waals surface area contributed by atoms with Crippen molar-refractivity contribution in [2.75, 3.05) is 13.1 Å². The number of furan rings is 1. The molecule has 1 aromatic heterocycles. The van der Waals surface area contributed by atoms with E-state index in [1.54, 1.807) is 0 Å². The van der Waals surface area contributed by atoms with Crippen molar-refractivity contribution in [3.05, 3.63) is 23.2 Å². The lowest BCUT2D eigenvalue weighted by atomic mass is 10.2. The van der Waals surface area contributed by atoms with Crippen LogP contribution in [0.15, 0.2) is 10.5 Å². The second kappa shape index (κ2) is 5.88. The number of rotatable bonds is 5. The maximum atomic E-state index is 5.87. The van der Waals surface area contributed by atoms with Crippen LogP contribution in [0, 0.1) is 6.92 Å². The predicted molar refractivity (Wildman–Crippen MR) is 78.6 cm³/mol. The lowest BCUT2D eigenvalue weighted by molar-refractivity contribution is -0.0705. The van der Waals surface area contributed by atoms with Crippen LogP contribution in [-0.4, -0.2) is 36.2 Å². The summed E-state index contributed by atoms with van der Waals surface area (Å²) in [5.74, 6) is 2.13. The molecule has 3 rings (SSSR count). The molecule has 0 bridgehead atoms. The Morgan fingerprint density at radius 2 is 1.95 bits per heavy atom. The maximum absolute atomic E-state index is 5.87. The minimum atomic E-state index is 0.321. The van der Waals surface area contributed by atoms with Crippen LogP contribution >= 0.6 is 0 Å². The van der Waals surface area contributed by atoms with Gasteiger partial charge in [0.2, 0.25) is 0 Å². The number of nitrogens with zero attached hydrogens (tertiary/aromatic N) is 1. The molecule has 0 aromatic carbocycles. The number of morpholine rings is 1. The molecule has 0 amide bonds. The van der Waals surface area contributed by atoms with E-state index < -0.39 is 0 Å². The van der Waals surface area contributed by atoms with E-state index in [1.807, 2.05) is 0 Å². The summed E-state index contributed by atoms with van der Waals surface area (Å²) in [5, 5.41) is 3.50. The molecular formula is C16H26N2O2. The third kappa shape index (κ3) is 3.62. The summed E-state index contributed by atoms with van der Waals surface area (Å²) < 4.78 is 11.7. The molecule has 2 unspecified atom stereocenters. The van der Waals surface area contributed by atoms with Gasteiger partial charge in [-0.1, -0.05) is 0 Å². The lowest BCUT2D eigenvalue weighted by Crippen LogP contribution is -2.44. The van der Waals surface area contributed by atoms with Gasteiger partial charge in [-0.15, -0.1) is 0 Å². The van der Waals surface area contributed by atoms with E-state index in [0.29, 0.717) is 12.2 Å². The molecule has 1 aliphatic carbocycles. The predicted octanol–water partition coefficient (Wildman–Crippen LogP) is 2.45. The van der Waals surface area contributed by atoms with Crippen LogP contribution in [0.3, 0.4) is 0 Å². The van der Waals surface area contributed by atoms with Crippen molar-refractivity contribution in [1.82, 2.24) is 10.2 Å². The Bertz CT molecular complexity index is 443. The first-order valence-electron chi connectivity index (χ1n) is 7.79. The van der Waals surface area contributed by atoms with Gasteiger partial charge in [0.15, 0.2) is 0 Å². The van der Waals surface area contributed by atoms with Crippen molar-refractivity contribution < 1.29 is 9.15 Å². The van der Waals surface area contributed by atoms with Crippen molar-refractivity contribution in [1.29, 1.82) is 0 Å². The van der Waals surface area contributed by atoms with Crippen molar-refractivity contribution >= 4 is 0 Å². The van der Waals surface area contributed by atoms with Gasteiger partial charge in [0, 0.05) is 31.2 Å². The van der Waals surface area contributed by atoms with E-state index in [-0.39, 0.29) is 0 Å². The molecule has 0 radical (unpaired) electrons. The first-order chi connectivity index (χ1) is 9.60. The van der Waals surface area contributed by atoms with Gasteiger partial charge in [-0.2, -0.15) is 0 Å². The second-order valence-corrected chi connectivity index (χ2v) is 6.40. The SMILES string of the molecule is Cc1oc(CNC2CC2)cc1CN1CC(C)OC(C)C1. The van der Waals surface area contributed by atoms with Gasteiger partial charge in [0.1, 0.15) is 11.5 Å². The highest BCUT2D eigenvalue weighted by Gasteiger charge is 2.24. The molecule has 112 valence electrons. The van der Waals surface area contributed by atoms with E-state index in [4.69, 9.17) is 9.15 Å². The summed E-state index contributed by atoms with van der Waals surface area (Å²) in [4.78, 5) is 2.47. The minimum absolute atomic E-state index is 0.321. The minimum Gasteiger partial charge on any atom is -0.465 e. The zero-order valence-corrected chi connectivity index (χ0v) is 12.8. The van der Waals surface area contributed by atoms with Crippen LogP contribution in [0.2, 0.25) is 0 Å². The summed E-state index contributed by atoms with van der Waals surface area (Å²) in [6.45, 7) is 10.2. The van der Waals surface area contributed by atoms with Gasteiger partial charge in [0.05, 0.1) is 18.8 Å². The van der Waals surface area contributed by atoms with Crippen molar-refractivity contribution in [2.24, 2.45) is 0 Å². The van der Waals surface area contributed by atoms with Gasteiger partial charge in [-0.3, -0.25) is 4.90 Å². The van der Waals surface area contributed by atoms with Gasteiger partial charge in [-0.05, 0) is 39.7 Å². The average Bonchev–Trinajstić information content (AvgIpc) is 3.12. The summed E-state index contributed by atoms with van der Waals surface area (Å²) in [6, 6.07) is 2.94. The Morgan fingerprint density at radius 1 is 1.25 bits per heavy atom. The Kier molecular flexibility index (Phi) is 4.15. The largest absolute Gasteiger partial charge is 0.465 e. The van der Waals surface area contributed by atoms with Gasteiger partial charge in [-0.25, -0.2) is 0 Å². The highest BCUT2D eigenvalue weighted by atomic mass is 16.5. The highest BCUT2D eigenvalue weighted by Crippen LogP contribution is 2.22. The van der Waals surface area contributed by atoms with Gasteiger partial charge in [0.25, 0.3) is 0 Å². The molecule has 1 saturated carbocycles. The molecule has 4 nitrogen and oxygen atoms in total. The van der Waals surface area contributed by atoms with Crippen molar-refractivity contribution in [3.8, 4) is 0 Å². The molecule has 20 heavy (non-hydrogen) atoms. The summed E-state index contributed by atoms with van der Waals surface area (Å²) >= 11 is 0. The molecule has 1 aliphatic heterocycles. The fraction of sp³-hybridized carbons (Fsp3) is 0.750. The molecule has 2 aliphatic rings. The smallest absolute Gasteiger partial charge is 0.118 e. The van der Waals surface area contributed by atoms with E-state index in [2.05, 4.69) is 37.1 Å². The molecule has 0 spiro atoms. The van der Waals surface area contributed by atoms with Crippen LogP contribution in [0.1, 0.15) is 43.8 Å². The van der Waals surface area contributed by atoms with Crippen LogP contribution in [-0.2, 0) is 17.8 Å². The average molecular weight is 278 g/mol. The monoisotopic (exact) mass is 278 g/mol. The highest BCUT2D eigenvalue weighted by molar-refractivity contribution is 5.21. The van der Waals surface area contributed by atoms with Gasteiger partial charge < -0.3 is 14.5 Å². The Labute approximate surface area is 121 Å². The summed E-state index contributed by atoms with van der Waals surface area (Å²) in [5.41, 5.74) is 1.32. The number of hydrogen-bond donors (Lipinski definition) is 1. The molecule has 4 heteroatoms. The summed E-state index contributed by atoms with van der Waals surface area (Å²) in [7, 11) is 0. The normalized spacial score (nSPS) is 27.9. The van der Waals surface area contributed by atoms with Crippen LogP contribution < -0.4 is 5.32 Å². The van der Waals surface area contributed by atoms with E-state index in [1.165, 1.54) is 18.4 Å². The molecule has 2 atom stereocenters. The van der Waals surface area contributed by atoms with Crippen molar-refractivity contribution in [3.63, 3.8) is 0 Å². The number of hydrogen-bond acceptors (Lipinski definition) is 4. The number of aryl methyl sites for hydroxylation is 1. The van der Waals surface area contributed by atoms with Crippen LogP contribution in [0.5, 0.6) is 0 Å². The zero-order valence-electron chi connectivity index (χ0n) is 12.8. The molecule has 1 N–H and O–H groups in total. The molecule has 1 saturated heterocycles. The topological polar surface area (TPSA) is 37.6 Å². The van der Waals surface area contributed by atoms with E-state index in [0.717, 1.165) is 43.7 Å².